The van der Waals surface area contributed by atoms with Crippen LogP contribution >= 0.6 is 0 Å². The maximum absolute atomic E-state index is 13.7. The number of aromatic nitrogens is 2. The van der Waals surface area contributed by atoms with Gasteiger partial charge in [0.15, 0.2) is 5.82 Å². The second kappa shape index (κ2) is 5.99. The fourth-order valence-electron chi connectivity index (χ4n) is 1.58. The summed E-state index contributed by atoms with van der Waals surface area (Å²) in [5.41, 5.74) is 0.326. The molecule has 0 atom stereocenters. The van der Waals surface area contributed by atoms with E-state index in [-0.39, 0.29) is 12.2 Å². The van der Waals surface area contributed by atoms with Crippen LogP contribution in [0.5, 0.6) is 0 Å². The first-order valence-corrected chi connectivity index (χ1v) is 5.80. The van der Waals surface area contributed by atoms with Gasteiger partial charge in [0.2, 0.25) is 0 Å². The number of nitrogens with zero attached hydrogens (tertiary/aromatic N) is 2. The van der Waals surface area contributed by atoms with Crippen LogP contribution < -0.4 is 5.32 Å². The maximum atomic E-state index is 13.7. The molecule has 0 saturated heterocycles. The zero-order chi connectivity index (χ0) is 14.5. The standard InChI is InChI=1S/C14H12FN3O2/c1-18-7-6-13(17-18)16-14(20)11-9-10(3-2-8-19)4-5-12(11)15/h4-7,9,19H,8H2,1H3,(H,16,17,20). The van der Waals surface area contributed by atoms with E-state index in [4.69, 9.17) is 5.11 Å². The number of hydrogen-bond acceptors (Lipinski definition) is 3. The van der Waals surface area contributed by atoms with Gasteiger partial charge in [-0.3, -0.25) is 9.48 Å². The topological polar surface area (TPSA) is 67.2 Å². The number of anilines is 1. The van der Waals surface area contributed by atoms with E-state index >= 15 is 0 Å². The molecular formula is C14H12FN3O2. The number of carbonyl (C=O) groups excluding carboxylic acids is 1. The van der Waals surface area contributed by atoms with Crippen molar-refractivity contribution in [3.63, 3.8) is 0 Å². The van der Waals surface area contributed by atoms with E-state index in [2.05, 4.69) is 22.3 Å². The van der Waals surface area contributed by atoms with Crippen molar-refractivity contribution >= 4 is 11.7 Å². The highest BCUT2D eigenvalue weighted by Crippen LogP contribution is 2.12. The van der Waals surface area contributed by atoms with Crippen LogP contribution in [-0.4, -0.2) is 27.4 Å². The number of aryl methyl sites for hydroxylation is 1. The van der Waals surface area contributed by atoms with E-state index in [0.29, 0.717) is 11.4 Å². The van der Waals surface area contributed by atoms with Gasteiger partial charge in [-0.15, -0.1) is 0 Å². The molecule has 102 valence electrons. The summed E-state index contributed by atoms with van der Waals surface area (Å²) in [6.45, 7) is -0.299. The van der Waals surface area contributed by atoms with Crippen molar-refractivity contribution < 1.29 is 14.3 Å². The zero-order valence-electron chi connectivity index (χ0n) is 10.7. The predicted molar refractivity (Wildman–Crippen MR) is 71.5 cm³/mol. The SMILES string of the molecule is Cn1ccc(NC(=O)c2cc(C#CCO)ccc2F)n1. The third kappa shape index (κ3) is 3.22. The van der Waals surface area contributed by atoms with Crippen molar-refractivity contribution in [1.29, 1.82) is 0 Å². The molecule has 0 aliphatic heterocycles. The Morgan fingerprint density at radius 1 is 1.50 bits per heavy atom. The van der Waals surface area contributed by atoms with Crippen LogP contribution in [-0.2, 0) is 7.05 Å². The molecule has 0 bridgehead atoms. The number of hydrogen-bond donors (Lipinski definition) is 2. The van der Waals surface area contributed by atoms with Gasteiger partial charge in [-0.2, -0.15) is 5.10 Å². The summed E-state index contributed by atoms with van der Waals surface area (Å²) in [4.78, 5) is 12.0. The third-order valence-electron chi connectivity index (χ3n) is 2.48. The molecule has 0 unspecified atom stereocenters. The number of amides is 1. The highest BCUT2D eigenvalue weighted by molar-refractivity contribution is 6.04. The molecule has 0 aliphatic rings. The van der Waals surface area contributed by atoms with Crippen molar-refractivity contribution in [2.45, 2.75) is 0 Å². The van der Waals surface area contributed by atoms with E-state index in [1.807, 2.05) is 0 Å². The van der Waals surface area contributed by atoms with Crippen molar-refractivity contribution in [3.8, 4) is 11.8 Å². The predicted octanol–water partition coefficient (Wildman–Crippen LogP) is 1.16. The number of rotatable bonds is 2. The summed E-state index contributed by atoms with van der Waals surface area (Å²) < 4.78 is 15.2. The quantitative estimate of drug-likeness (QED) is 0.807. The molecule has 20 heavy (non-hydrogen) atoms. The Hall–Kier alpha value is -2.65. The molecule has 2 rings (SSSR count). The first-order chi connectivity index (χ1) is 9.60. The van der Waals surface area contributed by atoms with E-state index in [0.717, 1.165) is 6.07 Å². The second-order valence-corrected chi connectivity index (χ2v) is 3.98. The van der Waals surface area contributed by atoms with Gasteiger partial charge in [0, 0.05) is 24.9 Å². The summed E-state index contributed by atoms with van der Waals surface area (Å²) in [7, 11) is 1.71. The number of benzene rings is 1. The highest BCUT2D eigenvalue weighted by atomic mass is 19.1. The molecular weight excluding hydrogens is 261 g/mol. The lowest BCUT2D eigenvalue weighted by Crippen LogP contribution is -2.14. The minimum absolute atomic E-state index is 0.125. The fourth-order valence-corrected chi connectivity index (χ4v) is 1.58. The Morgan fingerprint density at radius 3 is 2.95 bits per heavy atom. The summed E-state index contributed by atoms with van der Waals surface area (Å²) in [5.74, 6) is 4.15. The molecule has 0 saturated carbocycles. The van der Waals surface area contributed by atoms with E-state index in [9.17, 15) is 9.18 Å². The Morgan fingerprint density at radius 2 is 2.30 bits per heavy atom. The van der Waals surface area contributed by atoms with Gasteiger partial charge < -0.3 is 10.4 Å². The van der Waals surface area contributed by atoms with Gasteiger partial charge in [0.25, 0.3) is 5.91 Å². The summed E-state index contributed by atoms with van der Waals surface area (Å²) >= 11 is 0. The van der Waals surface area contributed by atoms with Gasteiger partial charge in [-0.1, -0.05) is 11.8 Å². The first-order valence-electron chi connectivity index (χ1n) is 5.80. The number of aliphatic hydroxyl groups is 1. The van der Waals surface area contributed by atoms with Crippen LogP contribution in [0.2, 0.25) is 0 Å². The van der Waals surface area contributed by atoms with Crippen LogP contribution in [0.15, 0.2) is 30.5 Å². The lowest BCUT2D eigenvalue weighted by molar-refractivity contribution is 0.102. The Bertz CT molecular complexity index is 698. The number of nitrogens with one attached hydrogen (secondary N) is 1. The Balaban J connectivity index is 2.24. The largest absolute Gasteiger partial charge is 0.384 e. The molecule has 0 fully saturated rings. The van der Waals surface area contributed by atoms with Gasteiger partial charge in [0.1, 0.15) is 12.4 Å². The first kappa shape index (κ1) is 13.8. The molecule has 2 N–H and O–H groups in total. The third-order valence-corrected chi connectivity index (χ3v) is 2.48. The van der Waals surface area contributed by atoms with Crippen LogP contribution in [0.3, 0.4) is 0 Å². The smallest absolute Gasteiger partial charge is 0.259 e. The van der Waals surface area contributed by atoms with E-state index < -0.39 is 11.7 Å². The summed E-state index contributed by atoms with van der Waals surface area (Å²) in [6, 6.07) is 5.53. The minimum Gasteiger partial charge on any atom is -0.384 e. The maximum Gasteiger partial charge on any atom is 0.259 e. The summed E-state index contributed by atoms with van der Waals surface area (Å²) in [5, 5.41) is 15.1. The lowest BCUT2D eigenvalue weighted by atomic mass is 10.1. The highest BCUT2D eigenvalue weighted by Gasteiger charge is 2.13. The molecule has 6 heteroatoms. The van der Waals surface area contributed by atoms with Gasteiger partial charge in [-0.05, 0) is 18.2 Å². The molecule has 1 aromatic carbocycles. The van der Waals surface area contributed by atoms with Crippen LogP contribution in [0.1, 0.15) is 15.9 Å². The van der Waals surface area contributed by atoms with Crippen LogP contribution in [0, 0.1) is 17.7 Å². The molecule has 0 radical (unpaired) electrons. The van der Waals surface area contributed by atoms with Crippen molar-refractivity contribution in [2.24, 2.45) is 7.05 Å². The van der Waals surface area contributed by atoms with Gasteiger partial charge in [-0.25, -0.2) is 4.39 Å². The zero-order valence-corrected chi connectivity index (χ0v) is 10.7. The Labute approximate surface area is 115 Å². The van der Waals surface area contributed by atoms with Gasteiger partial charge >= 0.3 is 0 Å². The number of carbonyl (C=O) groups is 1. The second-order valence-electron chi connectivity index (χ2n) is 3.98. The monoisotopic (exact) mass is 273 g/mol. The fraction of sp³-hybridized carbons (Fsp3) is 0.143. The molecule has 0 spiro atoms. The van der Waals surface area contributed by atoms with E-state index in [1.54, 1.807) is 19.3 Å². The Kier molecular flexibility index (Phi) is 4.13. The van der Waals surface area contributed by atoms with Gasteiger partial charge in [0.05, 0.1) is 5.56 Å². The van der Waals surface area contributed by atoms with Crippen LogP contribution in [0.4, 0.5) is 10.2 Å². The van der Waals surface area contributed by atoms with Crippen molar-refractivity contribution in [1.82, 2.24) is 9.78 Å². The molecule has 5 nitrogen and oxygen atoms in total. The molecule has 1 heterocycles. The molecule has 0 aliphatic carbocycles. The minimum atomic E-state index is -0.645. The van der Waals surface area contributed by atoms with E-state index in [1.165, 1.54) is 16.8 Å². The number of aliphatic hydroxyl groups excluding tert-OH is 1. The molecule has 1 aromatic heterocycles. The van der Waals surface area contributed by atoms with Crippen molar-refractivity contribution in [3.05, 3.63) is 47.4 Å². The average molecular weight is 273 g/mol. The summed E-state index contributed by atoms with van der Waals surface area (Å²) in [6.07, 6.45) is 1.66. The lowest BCUT2D eigenvalue weighted by Gasteiger charge is -2.04. The average Bonchev–Trinajstić information content (AvgIpc) is 2.83. The molecule has 2 aromatic rings. The number of halogens is 1. The molecule has 1 amide bonds. The van der Waals surface area contributed by atoms with Crippen molar-refractivity contribution in [2.75, 3.05) is 11.9 Å². The normalized spacial score (nSPS) is 9.75. The van der Waals surface area contributed by atoms with Crippen LogP contribution in [0.25, 0.3) is 0 Å².